The Bertz CT molecular complexity index is 685. The number of aliphatic carboxylic acids is 1. The largest absolute Gasteiger partial charge is 0.481 e. The van der Waals surface area contributed by atoms with Crippen molar-refractivity contribution in [2.45, 2.75) is 59.3 Å². The number of rotatable bonds is 6. The first kappa shape index (κ1) is 18.5. The Morgan fingerprint density at radius 3 is 2.71 bits per heavy atom. The van der Waals surface area contributed by atoms with Crippen molar-refractivity contribution in [3.8, 4) is 6.07 Å². The van der Waals surface area contributed by atoms with Gasteiger partial charge in [-0.3, -0.25) is 9.59 Å². The summed E-state index contributed by atoms with van der Waals surface area (Å²) >= 11 is 1.48. The average molecular weight is 348 g/mol. The van der Waals surface area contributed by atoms with Gasteiger partial charge in [0.15, 0.2) is 0 Å². The summed E-state index contributed by atoms with van der Waals surface area (Å²) in [4.78, 5) is 23.7. The molecule has 1 amide bonds. The zero-order chi connectivity index (χ0) is 17.9. The molecule has 0 aliphatic heterocycles. The van der Waals surface area contributed by atoms with E-state index >= 15 is 0 Å². The van der Waals surface area contributed by atoms with Crippen LogP contribution in [0.15, 0.2) is 0 Å². The molecule has 1 heterocycles. The fourth-order valence-corrected chi connectivity index (χ4v) is 4.45. The van der Waals surface area contributed by atoms with E-state index in [0.29, 0.717) is 16.5 Å². The molecular weight excluding hydrogens is 324 g/mol. The Morgan fingerprint density at radius 1 is 1.42 bits per heavy atom. The third kappa shape index (κ3) is 3.96. The van der Waals surface area contributed by atoms with Gasteiger partial charge in [-0.2, -0.15) is 5.26 Å². The SMILES string of the molecule is CCC(C)(C)[C@@H]1CCc2c(sc(NC(=O)CCC(=O)O)c2C#N)C1. The lowest BCUT2D eigenvalue weighted by atomic mass is 9.69. The quantitative estimate of drug-likeness (QED) is 0.814. The molecule has 0 saturated carbocycles. The second-order valence-corrected chi connectivity index (χ2v) is 8.15. The van der Waals surface area contributed by atoms with Crippen LogP contribution in [-0.2, 0) is 22.4 Å². The summed E-state index contributed by atoms with van der Waals surface area (Å²) in [5, 5.41) is 21.5. The van der Waals surface area contributed by atoms with Crippen LogP contribution in [0.4, 0.5) is 5.00 Å². The number of carbonyl (C=O) groups excluding carboxylic acids is 1. The second-order valence-electron chi connectivity index (χ2n) is 7.04. The molecule has 2 N–H and O–H groups in total. The number of nitriles is 1. The van der Waals surface area contributed by atoms with Gasteiger partial charge in [0.2, 0.25) is 5.91 Å². The zero-order valence-corrected chi connectivity index (χ0v) is 15.3. The number of nitrogens with one attached hydrogen (secondary N) is 1. The Kier molecular flexibility index (Phi) is 5.66. The van der Waals surface area contributed by atoms with Gasteiger partial charge in [0, 0.05) is 11.3 Å². The number of fused-ring (bicyclic) bond motifs is 1. The fourth-order valence-electron chi connectivity index (χ4n) is 3.16. The zero-order valence-electron chi connectivity index (χ0n) is 14.4. The van der Waals surface area contributed by atoms with Gasteiger partial charge in [-0.05, 0) is 36.2 Å². The topological polar surface area (TPSA) is 90.2 Å². The van der Waals surface area contributed by atoms with Crippen LogP contribution in [0.25, 0.3) is 0 Å². The lowest BCUT2D eigenvalue weighted by Gasteiger charge is -2.36. The number of anilines is 1. The molecule has 1 aliphatic rings. The van der Waals surface area contributed by atoms with Crippen molar-refractivity contribution < 1.29 is 14.7 Å². The van der Waals surface area contributed by atoms with Gasteiger partial charge in [-0.25, -0.2) is 0 Å². The van der Waals surface area contributed by atoms with Crippen LogP contribution in [-0.4, -0.2) is 17.0 Å². The summed E-state index contributed by atoms with van der Waals surface area (Å²) in [6, 6.07) is 2.22. The van der Waals surface area contributed by atoms with Gasteiger partial charge in [-0.15, -0.1) is 11.3 Å². The van der Waals surface area contributed by atoms with Gasteiger partial charge in [0.05, 0.1) is 12.0 Å². The van der Waals surface area contributed by atoms with Crippen LogP contribution >= 0.6 is 11.3 Å². The van der Waals surface area contributed by atoms with E-state index in [9.17, 15) is 14.9 Å². The second kappa shape index (κ2) is 7.35. The van der Waals surface area contributed by atoms with Gasteiger partial charge in [0.1, 0.15) is 11.1 Å². The van der Waals surface area contributed by atoms with Crippen LogP contribution in [0.1, 0.15) is 62.5 Å². The third-order valence-electron chi connectivity index (χ3n) is 5.21. The number of carboxylic acid groups (broad SMARTS) is 1. The van der Waals surface area contributed by atoms with Gasteiger partial charge < -0.3 is 10.4 Å². The fraction of sp³-hybridized carbons (Fsp3) is 0.611. The first-order valence-electron chi connectivity index (χ1n) is 8.34. The molecule has 0 bridgehead atoms. The summed E-state index contributed by atoms with van der Waals surface area (Å²) < 4.78 is 0. The first-order valence-corrected chi connectivity index (χ1v) is 9.16. The van der Waals surface area contributed by atoms with Crippen LogP contribution in [0.5, 0.6) is 0 Å². The minimum absolute atomic E-state index is 0.0751. The number of carboxylic acids is 1. The molecule has 0 radical (unpaired) electrons. The van der Waals surface area contributed by atoms with Crippen molar-refractivity contribution in [3.63, 3.8) is 0 Å². The molecule has 2 rings (SSSR count). The lowest BCUT2D eigenvalue weighted by Crippen LogP contribution is -2.28. The van der Waals surface area contributed by atoms with E-state index in [-0.39, 0.29) is 24.2 Å². The van der Waals surface area contributed by atoms with E-state index in [1.807, 2.05) is 0 Å². The van der Waals surface area contributed by atoms with E-state index in [4.69, 9.17) is 5.11 Å². The molecular formula is C18H24N2O3S. The Hall–Kier alpha value is -1.87. The van der Waals surface area contributed by atoms with Crippen molar-refractivity contribution in [1.29, 1.82) is 5.26 Å². The van der Waals surface area contributed by atoms with Crippen molar-refractivity contribution in [3.05, 3.63) is 16.0 Å². The molecule has 1 atom stereocenters. The van der Waals surface area contributed by atoms with Gasteiger partial charge >= 0.3 is 5.97 Å². The Morgan fingerprint density at radius 2 is 2.12 bits per heavy atom. The monoisotopic (exact) mass is 348 g/mol. The first-order chi connectivity index (χ1) is 11.3. The maximum Gasteiger partial charge on any atom is 0.303 e. The molecule has 0 spiro atoms. The highest BCUT2D eigenvalue weighted by atomic mass is 32.1. The summed E-state index contributed by atoms with van der Waals surface area (Å²) in [6.07, 6.45) is 3.71. The van der Waals surface area contributed by atoms with Gasteiger partial charge in [-0.1, -0.05) is 27.2 Å². The molecule has 24 heavy (non-hydrogen) atoms. The normalized spacial score (nSPS) is 17.0. The van der Waals surface area contributed by atoms with Gasteiger partial charge in [0.25, 0.3) is 0 Å². The van der Waals surface area contributed by atoms with E-state index < -0.39 is 5.97 Å². The average Bonchev–Trinajstić information content (AvgIpc) is 2.88. The van der Waals surface area contributed by atoms with Crippen LogP contribution < -0.4 is 5.32 Å². The highest BCUT2D eigenvalue weighted by Crippen LogP contribution is 2.45. The summed E-state index contributed by atoms with van der Waals surface area (Å²) in [6.45, 7) is 6.78. The standard InChI is InChI=1S/C18H24N2O3S/c1-4-18(2,3)11-5-6-12-13(10-19)17(24-14(12)9-11)20-15(21)7-8-16(22)23/h11H,4-9H2,1-3H3,(H,20,21)(H,22,23)/t11-/m1/s1. The molecule has 0 unspecified atom stereocenters. The van der Waals surface area contributed by atoms with Crippen molar-refractivity contribution >= 4 is 28.2 Å². The number of nitrogens with zero attached hydrogens (tertiary/aromatic N) is 1. The summed E-state index contributed by atoms with van der Waals surface area (Å²) in [7, 11) is 0. The summed E-state index contributed by atoms with van der Waals surface area (Å²) in [5.74, 6) is -0.769. The van der Waals surface area contributed by atoms with Crippen molar-refractivity contribution in [2.75, 3.05) is 5.32 Å². The predicted octanol–water partition coefficient (Wildman–Crippen LogP) is 3.96. The summed E-state index contributed by atoms with van der Waals surface area (Å²) in [5.41, 5.74) is 1.89. The number of amides is 1. The van der Waals surface area contributed by atoms with Crippen LogP contribution in [0.2, 0.25) is 0 Å². The lowest BCUT2D eigenvalue weighted by molar-refractivity contribution is -0.138. The molecule has 6 heteroatoms. The smallest absolute Gasteiger partial charge is 0.303 e. The molecule has 5 nitrogen and oxygen atoms in total. The maximum absolute atomic E-state index is 11.9. The molecule has 0 fully saturated rings. The van der Waals surface area contributed by atoms with E-state index in [1.165, 1.54) is 16.2 Å². The minimum atomic E-state index is -0.999. The number of thiophene rings is 1. The Balaban J connectivity index is 2.18. The van der Waals surface area contributed by atoms with E-state index in [2.05, 4.69) is 32.2 Å². The molecule has 1 aromatic rings. The number of carbonyl (C=O) groups is 2. The highest BCUT2D eigenvalue weighted by molar-refractivity contribution is 7.16. The van der Waals surface area contributed by atoms with E-state index in [0.717, 1.165) is 31.2 Å². The molecule has 0 saturated heterocycles. The molecule has 1 aliphatic carbocycles. The van der Waals surface area contributed by atoms with Crippen molar-refractivity contribution in [2.24, 2.45) is 11.3 Å². The molecule has 1 aromatic heterocycles. The highest BCUT2D eigenvalue weighted by Gasteiger charge is 2.34. The minimum Gasteiger partial charge on any atom is -0.481 e. The molecule has 130 valence electrons. The maximum atomic E-state index is 11.9. The van der Waals surface area contributed by atoms with E-state index in [1.54, 1.807) is 0 Å². The van der Waals surface area contributed by atoms with Crippen LogP contribution in [0.3, 0.4) is 0 Å². The predicted molar refractivity (Wildman–Crippen MR) is 94.1 cm³/mol. The number of hydrogen-bond acceptors (Lipinski definition) is 4. The van der Waals surface area contributed by atoms with Crippen LogP contribution in [0, 0.1) is 22.7 Å². The Labute approximate surface area is 146 Å². The van der Waals surface area contributed by atoms with Crippen molar-refractivity contribution in [1.82, 2.24) is 0 Å². The molecule has 0 aromatic carbocycles. The number of hydrogen-bond donors (Lipinski definition) is 2. The third-order valence-corrected chi connectivity index (χ3v) is 6.38.